The first-order chi connectivity index (χ1) is 8.70. The molecule has 0 N–H and O–H groups in total. The van der Waals surface area contributed by atoms with Gasteiger partial charge in [0.15, 0.2) is 0 Å². The zero-order valence-corrected chi connectivity index (χ0v) is 11.9. The lowest BCUT2D eigenvalue weighted by Crippen LogP contribution is -1.93. The number of rotatable bonds is 4. The molecule has 0 bridgehead atoms. The maximum Gasteiger partial charge on any atom is 0.0835 e. The van der Waals surface area contributed by atoms with E-state index in [1.807, 2.05) is 24.3 Å². The van der Waals surface area contributed by atoms with Crippen LogP contribution in [-0.4, -0.2) is 0 Å². The molecule has 0 aliphatic rings. The largest absolute Gasteiger partial charge is 0.113 e. The van der Waals surface area contributed by atoms with Gasteiger partial charge in [0.25, 0.3) is 0 Å². The molecule has 1 atom stereocenters. The monoisotopic (exact) mass is 278 g/mol. The molecule has 0 aliphatic heterocycles. The van der Waals surface area contributed by atoms with Gasteiger partial charge in [-0.05, 0) is 35.2 Å². The second kappa shape index (κ2) is 6.26. The molecule has 18 heavy (non-hydrogen) atoms. The van der Waals surface area contributed by atoms with Crippen LogP contribution < -0.4 is 0 Å². The van der Waals surface area contributed by atoms with Crippen molar-refractivity contribution >= 4 is 23.2 Å². The molecule has 0 saturated carbocycles. The number of benzene rings is 2. The van der Waals surface area contributed by atoms with Gasteiger partial charge in [0.2, 0.25) is 0 Å². The van der Waals surface area contributed by atoms with Gasteiger partial charge in [0.1, 0.15) is 0 Å². The molecule has 2 aromatic rings. The number of alkyl halides is 1. The highest BCUT2D eigenvalue weighted by Gasteiger charge is 2.10. The molecule has 0 nitrogen and oxygen atoms in total. The molecule has 94 valence electrons. The van der Waals surface area contributed by atoms with Crippen LogP contribution in [0, 0.1) is 0 Å². The Morgan fingerprint density at radius 1 is 0.889 bits per heavy atom. The summed E-state index contributed by atoms with van der Waals surface area (Å²) in [7, 11) is 0. The van der Waals surface area contributed by atoms with Crippen molar-refractivity contribution in [3.63, 3.8) is 0 Å². The van der Waals surface area contributed by atoms with E-state index in [-0.39, 0.29) is 5.38 Å². The van der Waals surface area contributed by atoms with Gasteiger partial charge in [-0.1, -0.05) is 61.3 Å². The Balaban J connectivity index is 2.17. The molecule has 1 unspecified atom stereocenters. The highest BCUT2D eigenvalue weighted by Crippen LogP contribution is 2.29. The standard InChI is InChI=1S/C16H16Cl2/c1-2-3-12-4-6-13(7-5-12)16(18)14-8-10-15(17)11-9-14/h4-11,16H,2-3H2,1H3. The molecule has 2 heteroatoms. The molecule has 0 aliphatic carbocycles. The number of hydrogen-bond donors (Lipinski definition) is 0. The van der Waals surface area contributed by atoms with Gasteiger partial charge >= 0.3 is 0 Å². The van der Waals surface area contributed by atoms with E-state index in [9.17, 15) is 0 Å². The fourth-order valence-corrected chi connectivity index (χ4v) is 2.38. The minimum atomic E-state index is -0.113. The van der Waals surface area contributed by atoms with Crippen molar-refractivity contribution in [1.29, 1.82) is 0 Å². The van der Waals surface area contributed by atoms with Crippen molar-refractivity contribution < 1.29 is 0 Å². The van der Waals surface area contributed by atoms with Crippen molar-refractivity contribution in [1.82, 2.24) is 0 Å². The smallest absolute Gasteiger partial charge is 0.0835 e. The quantitative estimate of drug-likeness (QED) is 0.637. The molecular weight excluding hydrogens is 263 g/mol. The fourth-order valence-electron chi connectivity index (χ4n) is 1.97. The van der Waals surface area contributed by atoms with Gasteiger partial charge in [-0.15, -0.1) is 11.6 Å². The SMILES string of the molecule is CCCc1ccc(C(Cl)c2ccc(Cl)cc2)cc1. The van der Waals surface area contributed by atoms with Gasteiger partial charge in [-0.2, -0.15) is 0 Å². The number of halogens is 2. The summed E-state index contributed by atoms with van der Waals surface area (Å²) in [5, 5.41) is 0.624. The summed E-state index contributed by atoms with van der Waals surface area (Å²) in [6.45, 7) is 2.19. The Morgan fingerprint density at radius 3 is 1.89 bits per heavy atom. The van der Waals surface area contributed by atoms with E-state index in [1.165, 1.54) is 12.0 Å². The van der Waals surface area contributed by atoms with E-state index in [1.54, 1.807) is 0 Å². The van der Waals surface area contributed by atoms with Crippen molar-refractivity contribution in [3.8, 4) is 0 Å². The minimum Gasteiger partial charge on any atom is -0.113 e. The second-order valence-corrected chi connectivity index (χ2v) is 5.28. The minimum absolute atomic E-state index is 0.113. The van der Waals surface area contributed by atoms with Crippen LogP contribution in [0.1, 0.15) is 35.4 Å². The summed E-state index contributed by atoms with van der Waals surface area (Å²) >= 11 is 12.3. The summed E-state index contributed by atoms with van der Waals surface area (Å²) in [6, 6.07) is 16.2. The average Bonchev–Trinajstić information content (AvgIpc) is 2.40. The van der Waals surface area contributed by atoms with E-state index < -0.39 is 0 Å². The summed E-state index contributed by atoms with van der Waals surface area (Å²) < 4.78 is 0. The van der Waals surface area contributed by atoms with Crippen molar-refractivity contribution in [2.45, 2.75) is 25.1 Å². The van der Waals surface area contributed by atoms with Gasteiger partial charge in [0.05, 0.1) is 5.38 Å². The van der Waals surface area contributed by atoms with Crippen LogP contribution in [0.3, 0.4) is 0 Å². The molecule has 0 spiro atoms. The van der Waals surface area contributed by atoms with E-state index >= 15 is 0 Å². The maximum absolute atomic E-state index is 6.47. The van der Waals surface area contributed by atoms with Crippen LogP contribution in [0.2, 0.25) is 5.02 Å². The van der Waals surface area contributed by atoms with Crippen LogP contribution in [0.4, 0.5) is 0 Å². The predicted molar refractivity (Wildman–Crippen MR) is 79.6 cm³/mol. The molecule has 0 amide bonds. The molecule has 0 heterocycles. The first kappa shape index (κ1) is 13.5. The third-order valence-corrected chi connectivity index (χ3v) is 3.73. The highest BCUT2D eigenvalue weighted by molar-refractivity contribution is 6.30. The van der Waals surface area contributed by atoms with Crippen molar-refractivity contribution in [2.75, 3.05) is 0 Å². The topological polar surface area (TPSA) is 0 Å². The lowest BCUT2D eigenvalue weighted by atomic mass is 10.0. The number of aryl methyl sites for hydroxylation is 1. The molecule has 2 aromatic carbocycles. The van der Waals surface area contributed by atoms with E-state index in [4.69, 9.17) is 23.2 Å². The van der Waals surface area contributed by atoms with Crippen LogP contribution in [0.15, 0.2) is 48.5 Å². The Kier molecular flexibility index (Phi) is 4.68. The lowest BCUT2D eigenvalue weighted by Gasteiger charge is -2.11. The Hall–Kier alpha value is -0.980. The second-order valence-electron chi connectivity index (χ2n) is 4.41. The van der Waals surface area contributed by atoms with E-state index in [2.05, 4.69) is 31.2 Å². The molecular formula is C16H16Cl2. The van der Waals surface area contributed by atoms with E-state index in [0.29, 0.717) is 0 Å². The predicted octanol–water partition coefficient (Wildman–Crippen LogP) is 5.62. The summed E-state index contributed by atoms with van der Waals surface area (Å²) in [5.74, 6) is 0. The third kappa shape index (κ3) is 3.28. The van der Waals surface area contributed by atoms with Crippen molar-refractivity contribution in [3.05, 3.63) is 70.2 Å². The summed E-state index contributed by atoms with van der Waals surface area (Å²) in [5.41, 5.74) is 3.56. The highest BCUT2D eigenvalue weighted by atomic mass is 35.5. The lowest BCUT2D eigenvalue weighted by molar-refractivity contribution is 0.920. The fraction of sp³-hybridized carbons (Fsp3) is 0.250. The Labute approximate surface area is 119 Å². The maximum atomic E-state index is 6.47. The molecule has 0 saturated heterocycles. The molecule has 0 fully saturated rings. The average molecular weight is 279 g/mol. The Morgan fingerprint density at radius 2 is 1.39 bits per heavy atom. The summed E-state index contributed by atoms with van der Waals surface area (Å²) in [4.78, 5) is 0. The Bertz CT molecular complexity index is 486. The van der Waals surface area contributed by atoms with Gasteiger partial charge in [-0.3, -0.25) is 0 Å². The molecule has 2 rings (SSSR count). The number of hydrogen-bond acceptors (Lipinski definition) is 0. The van der Waals surface area contributed by atoms with Crippen molar-refractivity contribution in [2.24, 2.45) is 0 Å². The van der Waals surface area contributed by atoms with Crippen LogP contribution in [-0.2, 0) is 6.42 Å². The normalized spacial score (nSPS) is 12.4. The van der Waals surface area contributed by atoms with Gasteiger partial charge in [0, 0.05) is 5.02 Å². The van der Waals surface area contributed by atoms with Crippen LogP contribution in [0.25, 0.3) is 0 Å². The third-order valence-electron chi connectivity index (χ3n) is 2.97. The van der Waals surface area contributed by atoms with Gasteiger partial charge in [-0.25, -0.2) is 0 Å². The van der Waals surface area contributed by atoms with Crippen LogP contribution in [0.5, 0.6) is 0 Å². The first-order valence-electron chi connectivity index (χ1n) is 6.19. The zero-order chi connectivity index (χ0) is 13.0. The summed E-state index contributed by atoms with van der Waals surface area (Å²) in [6.07, 6.45) is 2.29. The molecule has 0 aromatic heterocycles. The first-order valence-corrected chi connectivity index (χ1v) is 7.00. The van der Waals surface area contributed by atoms with Gasteiger partial charge < -0.3 is 0 Å². The van der Waals surface area contributed by atoms with Crippen LogP contribution >= 0.6 is 23.2 Å². The zero-order valence-electron chi connectivity index (χ0n) is 10.4. The van der Waals surface area contributed by atoms with E-state index in [0.717, 1.165) is 22.6 Å². The molecule has 0 radical (unpaired) electrons.